The largest absolute Gasteiger partial charge is 0.388 e. The Labute approximate surface area is 215 Å². The van der Waals surface area contributed by atoms with Crippen molar-refractivity contribution >= 4 is 0 Å². The zero-order chi connectivity index (χ0) is 25.9. The van der Waals surface area contributed by atoms with Crippen molar-refractivity contribution < 1.29 is 23.0 Å². The van der Waals surface area contributed by atoms with Gasteiger partial charge in [-0.3, -0.25) is 0 Å². The van der Waals surface area contributed by atoms with Crippen molar-refractivity contribution in [2.24, 2.45) is 0 Å². The molecule has 2 atom stereocenters. The van der Waals surface area contributed by atoms with E-state index in [1.807, 2.05) is 37.3 Å². The number of rotatable bonds is 9. The fraction of sp³-hybridized carbons (Fsp3) is 0.250. The molecule has 37 heavy (non-hydrogen) atoms. The van der Waals surface area contributed by atoms with E-state index in [1.165, 1.54) is 6.07 Å². The lowest BCUT2D eigenvalue weighted by molar-refractivity contribution is 0.166. The molecule has 0 spiro atoms. The molecule has 0 saturated carbocycles. The maximum absolute atomic E-state index is 14.9. The molecule has 1 aliphatic rings. The molecule has 4 aromatic carbocycles. The first-order valence-electron chi connectivity index (χ1n) is 12.7. The second-order valence-electron chi connectivity index (χ2n) is 9.58. The normalized spacial score (nSPS) is 15.5. The van der Waals surface area contributed by atoms with Crippen LogP contribution in [0.4, 0.5) is 13.2 Å². The Balaban J connectivity index is 1.25. The van der Waals surface area contributed by atoms with Crippen molar-refractivity contribution in [2.45, 2.75) is 44.8 Å². The number of ether oxygens (including phenoxy) is 1. The van der Waals surface area contributed by atoms with Crippen LogP contribution in [0, 0.1) is 17.5 Å². The molecule has 1 saturated heterocycles. The smallest absolute Gasteiger partial charge is 0.166 e. The van der Waals surface area contributed by atoms with Crippen LogP contribution in [0.5, 0.6) is 0 Å². The quantitative estimate of drug-likeness (QED) is 0.234. The first kappa shape index (κ1) is 25.2. The van der Waals surface area contributed by atoms with Gasteiger partial charge in [0, 0.05) is 11.1 Å². The lowest BCUT2D eigenvalue weighted by Crippen LogP contribution is -2.00. The Morgan fingerprint density at radius 3 is 2.14 bits per heavy atom. The fourth-order valence-electron chi connectivity index (χ4n) is 4.67. The van der Waals surface area contributed by atoms with E-state index in [0.29, 0.717) is 42.6 Å². The zero-order valence-electron chi connectivity index (χ0n) is 20.7. The Kier molecular flexibility index (Phi) is 7.45. The average molecular weight is 503 g/mol. The maximum Gasteiger partial charge on any atom is 0.166 e. The van der Waals surface area contributed by atoms with E-state index in [2.05, 4.69) is 0 Å². The molecule has 0 aliphatic carbocycles. The highest BCUT2D eigenvalue weighted by Crippen LogP contribution is 2.34. The number of epoxide rings is 1. The van der Waals surface area contributed by atoms with Gasteiger partial charge in [0.1, 0.15) is 11.9 Å². The van der Waals surface area contributed by atoms with Gasteiger partial charge in [0.25, 0.3) is 0 Å². The van der Waals surface area contributed by atoms with Crippen LogP contribution < -0.4 is 0 Å². The second kappa shape index (κ2) is 10.9. The molecule has 190 valence electrons. The van der Waals surface area contributed by atoms with Crippen molar-refractivity contribution in [1.29, 1.82) is 0 Å². The summed E-state index contributed by atoms with van der Waals surface area (Å²) < 4.78 is 49.4. The lowest BCUT2D eigenvalue weighted by Gasteiger charge is -2.12. The Bertz CT molecular complexity index is 1380. The zero-order valence-corrected chi connectivity index (χ0v) is 20.7. The van der Waals surface area contributed by atoms with Gasteiger partial charge >= 0.3 is 0 Å². The molecule has 4 aromatic rings. The van der Waals surface area contributed by atoms with Gasteiger partial charge in [-0.05, 0) is 58.7 Å². The predicted molar refractivity (Wildman–Crippen MR) is 140 cm³/mol. The van der Waals surface area contributed by atoms with Gasteiger partial charge in [0.15, 0.2) is 11.6 Å². The van der Waals surface area contributed by atoms with Crippen LogP contribution in [0.25, 0.3) is 22.3 Å². The lowest BCUT2D eigenvalue weighted by atomic mass is 9.96. The summed E-state index contributed by atoms with van der Waals surface area (Å²) in [6, 6.07) is 23.1. The fourth-order valence-corrected chi connectivity index (χ4v) is 4.67. The molecule has 1 heterocycles. The third-order valence-corrected chi connectivity index (χ3v) is 6.98. The molecular formula is C32H29F3O2. The summed E-state index contributed by atoms with van der Waals surface area (Å²) in [6.07, 6.45) is 1.74. The molecule has 1 aliphatic heterocycles. The number of aryl methyl sites for hydroxylation is 2. The van der Waals surface area contributed by atoms with Crippen LogP contribution in [0.1, 0.15) is 54.2 Å². The number of aliphatic hydroxyl groups excluding tert-OH is 1. The molecule has 5 heteroatoms. The van der Waals surface area contributed by atoms with Gasteiger partial charge < -0.3 is 9.84 Å². The Hall–Kier alpha value is -3.41. The van der Waals surface area contributed by atoms with Crippen molar-refractivity contribution in [3.8, 4) is 22.3 Å². The topological polar surface area (TPSA) is 32.8 Å². The molecule has 1 fully saturated rings. The maximum atomic E-state index is 14.9. The van der Waals surface area contributed by atoms with Crippen LogP contribution in [0.15, 0.2) is 78.9 Å². The van der Waals surface area contributed by atoms with Crippen molar-refractivity contribution in [1.82, 2.24) is 0 Å². The van der Waals surface area contributed by atoms with Crippen molar-refractivity contribution in [3.05, 3.63) is 119 Å². The third kappa shape index (κ3) is 5.63. The van der Waals surface area contributed by atoms with Crippen molar-refractivity contribution in [3.63, 3.8) is 0 Å². The summed E-state index contributed by atoms with van der Waals surface area (Å²) in [5, 5.41) is 10.1. The van der Waals surface area contributed by atoms with Gasteiger partial charge in [0.2, 0.25) is 0 Å². The molecule has 0 bridgehead atoms. The SMILES string of the molecule is CCCC(O)c1ccc(-c2ccc(CCc3ccc(-c4ccc(C5CO5)c(F)c4)cc3)c(F)c2F)cc1. The standard InChI is InChI=1S/C32H29F3O2/c1-2-3-29(36)23-12-10-22(11-13-23)26-16-14-24(31(34)32(26)35)9-6-20-4-7-21(8-5-20)25-15-17-27(28(33)18-25)30-19-37-30/h4-5,7-8,10-18,29-30,36H,2-3,6,9,19H2,1H3. The van der Waals surface area contributed by atoms with Gasteiger partial charge in [-0.1, -0.05) is 86.1 Å². The molecule has 2 nitrogen and oxygen atoms in total. The molecular weight excluding hydrogens is 473 g/mol. The summed E-state index contributed by atoms with van der Waals surface area (Å²) in [5.41, 5.74) is 5.10. The average Bonchev–Trinajstić information content (AvgIpc) is 3.75. The van der Waals surface area contributed by atoms with Crippen LogP contribution in [-0.4, -0.2) is 11.7 Å². The minimum Gasteiger partial charge on any atom is -0.388 e. The number of hydrogen-bond acceptors (Lipinski definition) is 2. The third-order valence-electron chi connectivity index (χ3n) is 6.98. The summed E-state index contributed by atoms with van der Waals surface area (Å²) in [5.74, 6) is -1.97. The number of benzene rings is 4. The predicted octanol–water partition coefficient (Wildman–Crippen LogP) is 8.13. The molecule has 0 amide bonds. The van der Waals surface area contributed by atoms with E-state index in [0.717, 1.165) is 28.7 Å². The van der Waals surface area contributed by atoms with E-state index >= 15 is 0 Å². The van der Waals surface area contributed by atoms with Gasteiger partial charge in [-0.15, -0.1) is 0 Å². The van der Waals surface area contributed by atoms with Crippen LogP contribution in [0.3, 0.4) is 0 Å². The Morgan fingerprint density at radius 1 is 0.811 bits per heavy atom. The summed E-state index contributed by atoms with van der Waals surface area (Å²) in [4.78, 5) is 0. The van der Waals surface area contributed by atoms with Gasteiger partial charge in [0.05, 0.1) is 12.7 Å². The molecule has 5 rings (SSSR count). The second-order valence-corrected chi connectivity index (χ2v) is 9.58. The van der Waals surface area contributed by atoms with E-state index < -0.39 is 17.7 Å². The highest BCUT2D eigenvalue weighted by atomic mass is 19.2. The van der Waals surface area contributed by atoms with E-state index in [4.69, 9.17) is 4.74 Å². The Morgan fingerprint density at radius 2 is 1.49 bits per heavy atom. The minimum absolute atomic E-state index is 0.124. The number of aliphatic hydroxyl groups is 1. The van der Waals surface area contributed by atoms with E-state index in [-0.39, 0.29) is 17.5 Å². The highest BCUT2D eigenvalue weighted by Gasteiger charge is 2.27. The van der Waals surface area contributed by atoms with Crippen molar-refractivity contribution in [2.75, 3.05) is 6.61 Å². The summed E-state index contributed by atoms with van der Waals surface area (Å²) >= 11 is 0. The number of halogens is 3. The molecule has 0 aromatic heterocycles. The van der Waals surface area contributed by atoms with E-state index in [9.17, 15) is 18.3 Å². The molecule has 0 radical (unpaired) electrons. The first-order valence-corrected chi connectivity index (χ1v) is 12.7. The van der Waals surface area contributed by atoms with Gasteiger partial charge in [-0.2, -0.15) is 0 Å². The number of hydrogen-bond donors (Lipinski definition) is 1. The van der Waals surface area contributed by atoms with E-state index in [1.54, 1.807) is 42.5 Å². The highest BCUT2D eigenvalue weighted by molar-refractivity contribution is 5.66. The minimum atomic E-state index is -0.864. The summed E-state index contributed by atoms with van der Waals surface area (Å²) in [6.45, 7) is 2.56. The first-order chi connectivity index (χ1) is 17.9. The van der Waals surface area contributed by atoms with Gasteiger partial charge in [-0.25, -0.2) is 13.2 Å². The molecule has 2 unspecified atom stereocenters. The molecule has 1 N–H and O–H groups in total. The van der Waals surface area contributed by atoms with Crippen LogP contribution in [-0.2, 0) is 17.6 Å². The van der Waals surface area contributed by atoms with Crippen LogP contribution >= 0.6 is 0 Å². The monoisotopic (exact) mass is 502 g/mol. The summed E-state index contributed by atoms with van der Waals surface area (Å²) in [7, 11) is 0. The van der Waals surface area contributed by atoms with Crippen LogP contribution in [0.2, 0.25) is 0 Å².